The van der Waals surface area contributed by atoms with Crippen molar-refractivity contribution in [2.45, 2.75) is 26.2 Å². The van der Waals surface area contributed by atoms with Crippen LogP contribution in [0.3, 0.4) is 0 Å². The Morgan fingerprint density at radius 1 is 1.24 bits per heavy atom. The molecule has 1 N–H and O–H groups in total. The van der Waals surface area contributed by atoms with Gasteiger partial charge in [0.15, 0.2) is 0 Å². The summed E-state index contributed by atoms with van der Waals surface area (Å²) in [4.78, 5) is 12.0. The van der Waals surface area contributed by atoms with E-state index in [2.05, 4.69) is 20.8 Å². The van der Waals surface area contributed by atoms with E-state index >= 15 is 0 Å². The van der Waals surface area contributed by atoms with Crippen LogP contribution in [0.2, 0.25) is 0 Å². The molecule has 0 atom stereocenters. The number of pyridine rings is 1. The summed E-state index contributed by atoms with van der Waals surface area (Å²) in [5.74, 6) is 0.171. The summed E-state index contributed by atoms with van der Waals surface area (Å²) in [5, 5.41) is 11.2. The Kier molecular flexibility index (Phi) is 2.49. The van der Waals surface area contributed by atoms with Gasteiger partial charge in [-0.25, -0.2) is 0 Å². The van der Waals surface area contributed by atoms with Gasteiger partial charge in [0.25, 0.3) is 5.56 Å². The van der Waals surface area contributed by atoms with Gasteiger partial charge in [-0.3, -0.25) is 4.79 Å². The van der Waals surface area contributed by atoms with E-state index in [1.807, 2.05) is 6.20 Å². The molecule has 0 bridgehead atoms. The zero-order chi connectivity index (χ0) is 12.8. The van der Waals surface area contributed by atoms with Crippen LogP contribution in [0.15, 0.2) is 29.2 Å². The molecular formula is C14H17NO2. The number of fused-ring (bicyclic) bond motifs is 1. The highest BCUT2D eigenvalue weighted by Gasteiger charge is 2.20. The fraction of sp³-hybridized carbons (Fsp3) is 0.357. The van der Waals surface area contributed by atoms with Crippen molar-refractivity contribution in [2.24, 2.45) is 7.05 Å². The van der Waals surface area contributed by atoms with E-state index < -0.39 is 0 Å². The zero-order valence-corrected chi connectivity index (χ0v) is 10.6. The number of phenols is 1. The zero-order valence-electron chi connectivity index (χ0n) is 10.6. The molecule has 0 saturated carbocycles. The molecule has 17 heavy (non-hydrogen) atoms. The van der Waals surface area contributed by atoms with Gasteiger partial charge in [0.2, 0.25) is 0 Å². The molecule has 0 amide bonds. The predicted molar refractivity (Wildman–Crippen MR) is 69.6 cm³/mol. The topological polar surface area (TPSA) is 42.2 Å². The molecule has 1 heterocycles. The molecule has 2 aromatic rings. The minimum atomic E-state index is -0.122. The number of aryl methyl sites for hydroxylation is 1. The number of nitrogens with zero attached hydrogens (tertiary/aromatic N) is 1. The Labute approximate surface area is 100 Å². The monoisotopic (exact) mass is 231 g/mol. The fourth-order valence-corrected chi connectivity index (χ4v) is 2.08. The fourth-order valence-electron chi connectivity index (χ4n) is 2.08. The molecule has 2 rings (SSSR count). The maximum absolute atomic E-state index is 12.0. The molecule has 0 unspecified atom stereocenters. The van der Waals surface area contributed by atoms with Crippen molar-refractivity contribution in [3.63, 3.8) is 0 Å². The van der Waals surface area contributed by atoms with E-state index in [1.54, 1.807) is 29.8 Å². The maximum Gasteiger partial charge on any atom is 0.258 e. The van der Waals surface area contributed by atoms with Crippen molar-refractivity contribution < 1.29 is 5.11 Å². The highest BCUT2D eigenvalue weighted by Crippen LogP contribution is 2.33. The van der Waals surface area contributed by atoms with Crippen molar-refractivity contribution in [1.29, 1.82) is 0 Å². The number of benzene rings is 1. The van der Waals surface area contributed by atoms with E-state index in [0.29, 0.717) is 10.8 Å². The molecule has 0 aliphatic rings. The molecule has 0 saturated heterocycles. The normalized spacial score (nSPS) is 12.0. The van der Waals surface area contributed by atoms with E-state index in [0.717, 1.165) is 5.56 Å². The Morgan fingerprint density at radius 3 is 2.47 bits per heavy atom. The summed E-state index contributed by atoms with van der Waals surface area (Å²) in [6.45, 7) is 6.20. The lowest BCUT2D eigenvalue weighted by molar-refractivity contribution is 0.479. The second kappa shape index (κ2) is 3.62. The van der Waals surface area contributed by atoms with Gasteiger partial charge in [-0.15, -0.1) is 0 Å². The van der Waals surface area contributed by atoms with E-state index in [1.165, 1.54) is 0 Å². The lowest BCUT2D eigenvalue weighted by Crippen LogP contribution is -2.22. The van der Waals surface area contributed by atoms with Crippen molar-refractivity contribution in [1.82, 2.24) is 4.57 Å². The first-order chi connectivity index (χ1) is 7.82. The SMILES string of the molecule is Cn1cc(C(C)(C)C)c2c(O)cccc2c1=O. The summed E-state index contributed by atoms with van der Waals surface area (Å²) >= 11 is 0. The van der Waals surface area contributed by atoms with Crippen LogP contribution in [0, 0.1) is 0 Å². The highest BCUT2D eigenvalue weighted by molar-refractivity contribution is 5.91. The highest BCUT2D eigenvalue weighted by atomic mass is 16.3. The Morgan fingerprint density at radius 2 is 1.88 bits per heavy atom. The molecular weight excluding hydrogens is 214 g/mol. The number of phenolic OH excluding ortho intramolecular Hbond substituents is 1. The van der Waals surface area contributed by atoms with Gasteiger partial charge in [0.1, 0.15) is 5.75 Å². The molecule has 0 fully saturated rings. The van der Waals surface area contributed by atoms with Crippen LogP contribution in [0.25, 0.3) is 10.8 Å². The van der Waals surface area contributed by atoms with Crippen LogP contribution in [0.5, 0.6) is 5.75 Å². The minimum absolute atomic E-state index is 0.0797. The quantitative estimate of drug-likeness (QED) is 0.757. The van der Waals surface area contributed by atoms with Crippen molar-refractivity contribution in [2.75, 3.05) is 0 Å². The minimum Gasteiger partial charge on any atom is -0.507 e. The van der Waals surface area contributed by atoms with Gasteiger partial charge < -0.3 is 9.67 Å². The Bertz CT molecular complexity index is 633. The first-order valence-electron chi connectivity index (χ1n) is 5.64. The van der Waals surface area contributed by atoms with E-state index in [4.69, 9.17) is 0 Å². The average molecular weight is 231 g/mol. The molecule has 1 aromatic heterocycles. The summed E-state index contributed by atoms with van der Waals surface area (Å²) in [5.41, 5.74) is 0.777. The first kappa shape index (κ1) is 11.7. The standard InChI is InChI=1S/C14H17NO2/c1-14(2,3)10-8-15(4)13(17)9-6-5-7-11(16)12(9)10/h5-8,16H,1-4H3. The first-order valence-corrected chi connectivity index (χ1v) is 5.64. The van der Waals surface area contributed by atoms with Gasteiger partial charge in [0, 0.05) is 18.6 Å². The third kappa shape index (κ3) is 1.82. The van der Waals surface area contributed by atoms with Crippen LogP contribution in [0.4, 0.5) is 0 Å². The lowest BCUT2D eigenvalue weighted by Gasteiger charge is -2.22. The van der Waals surface area contributed by atoms with Crippen molar-refractivity contribution >= 4 is 10.8 Å². The Balaban J connectivity index is 3.05. The van der Waals surface area contributed by atoms with Crippen LogP contribution in [-0.4, -0.2) is 9.67 Å². The predicted octanol–water partition coefficient (Wildman–Crippen LogP) is 2.54. The van der Waals surface area contributed by atoms with Gasteiger partial charge in [-0.2, -0.15) is 0 Å². The summed E-state index contributed by atoms with van der Waals surface area (Å²) in [6, 6.07) is 5.08. The third-order valence-corrected chi connectivity index (χ3v) is 2.99. The van der Waals surface area contributed by atoms with Gasteiger partial charge >= 0.3 is 0 Å². The molecule has 0 radical (unpaired) electrons. The second-order valence-corrected chi connectivity index (χ2v) is 5.41. The van der Waals surface area contributed by atoms with Gasteiger partial charge in [-0.05, 0) is 23.1 Å². The van der Waals surface area contributed by atoms with Crippen LogP contribution in [0.1, 0.15) is 26.3 Å². The summed E-state index contributed by atoms with van der Waals surface area (Å²) in [7, 11) is 1.74. The molecule has 3 heteroatoms. The molecule has 0 spiro atoms. The lowest BCUT2D eigenvalue weighted by atomic mass is 9.84. The molecule has 0 aliphatic carbocycles. The van der Waals surface area contributed by atoms with Crippen LogP contribution in [-0.2, 0) is 12.5 Å². The molecule has 1 aromatic carbocycles. The van der Waals surface area contributed by atoms with E-state index in [-0.39, 0.29) is 16.7 Å². The van der Waals surface area contributed by atoms with Crippen LogP contribution >= 0.6 is 0 Å². The third-order valence-electron chi connectivity index (χ3n) is 2.99. The van der Waals surface area contributed by atoms with Crippen LogP contribution < -0.4 is 5.56 Å². The van der Waals surface area contributed by atoms with E-state index in [9.17, 15) is 9.90 Å². The summed E-state index contributed by atoms with van der Waals surface area (Å²) < 4.78 is 1.57. The van der Waals surface area contributed by atoms with Crippen molar-refractivity contribution in [3.05, 3.63) is 40.3 Å². The second-order valence-electron chi connectivity index (χ2n) is 5.41. The number of hydrogen-bond donors (Lipinski definition) is 1. The molecule has 0 aliphatic heterocycles. The average Bonchev–Trinajstić information content (AvgIpc) is 2.22. The maximum atomic E-state index is 12.0. The largest absolute Gasteiger partial charge is 0.507 e. The smallest absolute Gasteiger partial charge is 0.258 e. The number of hydrogen-bond acceptors (Lipinski definition) is 2. The number of aromatic nitrogens is 1. The summed E-state index contributed by atoms with van der Waals surface area (Å²) in [6.07, 6.45) is 1.81. The Hall–Kier alpha value is -1.77. The number of rotatable bonds is 0. The van der Waals surface area contributed by atoms with Gasteiger partial charge in [0.05, 0.1) is 5.39 Å². The number of aromatic hydroxyl groups is 1. The molecule has 3 nitrogen and oxygen atoms in total. The van der Waals surface area contributed by atoms with Gasteiger partial charge in [-0.1, -0.05) is 26.8 Å². The van der Waals surface area contributed by atoms with Crippen molar-refractivity contribution in [3.8, 4) is 5.75 Å². The molecule has 90 valence electrons.